The zero-order chi connectivity index (χ0) is 19.3. The number of hydrogen-bond acceptors (Lipinski definition) is 6. The molecule has 2 aromatic heterocycles. The second kappa shape index (κ2) is 8.26. The number of aromatic nitrogens is 2. The number of benzene rings is 1. The Balaban J connectivity index is 1.33. The van der Waals surface area contributed by atoms with Crippen molar-refractivity contribution in [3.05, 3.63) is 58.2 Å². The van der Waals surface area contributed by atoms with Gasteiger partial charge in [0.25, 0.3) is 5.56 Å². The maximum absolute atomic E-state index is 12.2. The molecule has 4 rings (SSSR count). The Morgan fingerprint density at radius 3 is 2.82 bits per heavy atom. The number of rotatable bonds is 6. The molecule has 1 amide bonds. The lowest BCUT2D eigenvalue weighted by molar-refractivity contribution is -0.116. The summed E-state index contributed by atoms with van der Waals surface area (Å²) in [5.74, 6) is 1.18. The van der Waals surface area contributed by atoms with Gasteiger partial charge >= 0.3 is 0 Å². The highest BCUT2D eigenvalue weighted by Crippen LogP contribution is 2.32. The molecule has 8 heteroatoms. The number of hydrogen-bond donors (Lipinski definition) is 1. The van der Waals surface area contributed by atoms with E-state index in [4.69, 9.17) is 9.47 Å². The van der Waals surface area contributed by atoms with E-state index in [-0.39, 0.29) is 17.9 Å². The number of aryl methyl sites for hydroxylation is 1. The number of ether oxygens (including phenoxy) is 2. The Labute approximate surface area is 165 Å². The van der Waals surface area contributed by atoms with Crippen LogP contribution in [0.15, 0.2) is 52.6 Å². The van der Waals surface area contributed by atoms with Gasteiger partial charge in [-0.2, -0.15) is 5.10 Å². The number of thiophene rings is 1. The predicted molar refractivity (Wildman–Crippen MR) is 107 cm³/mol. The summed E-state index contributed by atoms with van der Waals surface area (Å²) in [6.45, 7) is 1.41. The summed E-state index contributed by atoms with van der Waals surface area (Å²) in [6, 6.07) is 12.5. The fourth-order valence-corrected chi connectivity index (χ4v) is 3.59. The number of amides is 1. The van der Waals surface area contributed by atoms with Crippen molar-refractivity contribution in [2.24, 2.45) is 0 Å². The average Bonchev–Trinajstić information content (AvgIpc) is 3.24. The van der Waals surface area contributed by atoms with E-state index in [0.717, 1.165) is 10.6 Å². The third-order valence-corrected chi connectivity index (χ3v) is 5.13. The van der Waals surface area contributed by atoms with Gasteiger partial charge in [0.2, 0.25) is 5.91 Å². The smallest absolute Gasteiger partial charge is 0.266 e. The quantitative estimate of drug-likeness (QED) is 0.691. The van der Waals surface area contributed by atoms with Crippen LogP contribution in [0.3, 0.4) is 0 Å². The van der Waals surface area contributed by atoms with Crippen molar-refractivity contribution >= 4 is 22.9 Å². The van der Waals surface area contributed by atoms with Crippen LogP contribution in [0.4, 0.5) is 5.69 Å². The molecule has 0 bridgehead atoms. The second-order valence-electron chi connectivity index (χ2n) is 6.27. The highest BCUT2D eigenvalue weighted by atomic mass is 32.1. The Morgan fingerprint density at radius 1 is 1.14 bits per heavy atom. The SMILES string of the molecule is O=C(CCCn1nc(-c2cccs2)ccc1=O)Nc1ccc2c(c1)OCCO2. The summed E-state index contributed by atoms with van der Waals surface area (Å²) in [7, 11) is 0. The number of carbonyl (C=O) groups is 1. The molecule has 0 aliphatic carbocycles. The minimum absolute atomic E-state index is 0.126. The molecule has 1 N–H and O–H groups in total. The van der Waals surface area contributed by atoms with Crippen LogP contribution in [0.2, 0.25) is 0 Å². The van der Waals surface area contributed by atoms with Crippen LogP contribution >= 0.6 is 11.3 Å². The van der Waals surface area contributed by atoms with E-state index >= 15 is 0 Å². The summed E-state index contributed by atoms with van der Waals surface area (Å²) in [4.78, 5) is 25.2. The second-order valence-corrected chi connectivity index (χ2v) is 7.22. The Kier molecular flexibility index (Phi) is 5.38. The summed E-state index contributed by atoms with van der Waals surface area (Å²) in [5.41, 5.74) is 1.24. The van der Waals surface area contributed by atoms with Gasteiger partial charge in [-0.1, -0.05) is 6.07 Å². The molecule has 0 saturated heterocycles. The van der Waals surface area contributed by atoms with E-state index < -0.39 is 0 Å². The van der Waals surface area contributed by atoms with E-state index in [1.807, 2.05) is 17.5 Å². The van der Waals surface area contributed by atoms with E-state index in [0.29, 0.717) is 43.4 Å². The number of nitrogens with one attached hydrogen (secondary N) is 1. The van der Waals surface area contributed by atoms with Gasteiger partial charge in [-0.25, -0.2) is 4.68 Å². The summed E-state index contributed by atoms with van der Waals surface area (Å²) >= 11 is 1.57. The van der Waals surface area contributed by atoms with E-state index in [1.165, 1.54) is 10.7 Å². The number of nitrogens with zero attached hydrogens (tertiary/aromatic N) is 2. The molecule has 28 heavy (non-hydrogen) atoms. The van der Waals surface area contributed by atoms with Crippen LogP contribution in [0.1, 0.15) is 12.8 Å². The fraction of sp³-hybridized carbons (Fsp3) is 0.250. The first-order chi connectivity index (χ1) is 13.7. The van der Waals surface area contributed by atoms with Crippen molar-refractivity contribution in [2.45, 2.75) is 19.4 Å². The number of fused-ring (bicyclic) bond motifs is 1. The molecule has 0 atom stereocenters. The van der Waals surface area contributed by atoms with E-state index in [9.17, 15) is 9.59 Å². The zero-order valence-corrected chi connectivity index (χ0v) is 15.9. The van der Waals surface area contributed by atoms with Crippen LogP contribution in [0, 0.1) is 0 Å². The Bertz CT molecular complexity index is 1030. The Hall–Kier alpha value is -3.13. The van der Waals surface area contributed by atoms with E-state index in [1.54, 1.807) is 35.6 Å². The van der Waals surface area contributed by atoms with Crippen molar-refractivity contribution < 1.29 is 14.3 Å². The van der Waals surface area contributed by atoms with Gasteiger partial charge in [-0.3, -0.25) is 9.59 Å². The molecule has 3 aromatic rings. The predicted octanol–water partition coefficient (Wildman–Crippen LogP) is 3.16. The normalized spacial score (nSPS) is 12.6. The average molecular weight is 397 g/mol. The molecule has 144 valence electrons. The lowest BCUT2D eigenvalue weighted by Crippen LogP contribution is -2.23. The van der Waals surface area contributed by atoms with Crippen LogP contribution in [-0.4, -0.2) is 28.9 Å². The molecule has 0 fully saturated rings. The van der Waals surface area contributed by atoms with Gasteiger partial charge in [0.05, 0.1) is 4.88 Å². The third-order valence-electron chi connectivity index (χ3n) is 4.24. The van der Waals surface area contributed by atoms with Gasteiger partial charge < -0.3 is 14.8 Å². The molecule has 0 saturated carbocycles. The lowest BCUT2D eigenvalue weighted by Gasteiger charge is -2.19. The van der Waals surface area contributed by atoms with Gasteiger partial charge in [0.15, 0.2) is 11.5 Å². The van der Waals surface area contributed by atoms with E-state index in [2.05, 4.69) is 10.4 Å². The summed E-state index contributed by atoms with van der Waals surface area (Å²) in [6.07, 6.45) is 0.795. The standard InChI is InChI=1S/C20H19N3O4S/c24-19(21-14-5-7-16-17(13-14)27-11-10-26-16)4-1-9-23-20(25)8-6-15(22-23)18-3-2-12-28-18/h2-3,5-8,12-13H,1,4,9-11H2,(H,21,24). The molecule has 1 aliphatic heterocycles. The van der Waals surface area contributed by atoms with Crippen LogP contribution < -0.4 is 20.3 Å². The monoisotopic (exact) mass is 397 g/mol. The van der Waals surface area contributed by atoms with Crippen LogP contribution in [0.5, 0.6) is 11.5 Å². The number of anilines is 1. The van der Waals surface area contributed by atoms with Crippen molar-refractivity contribution in [1.29, 1.82) is 0 Å². The largest absolute Gasteiger partial charge is 0.486 e. The zero-order valence-electron chi connectivity index (χ0n) is 15.1. The maximum Gasteiger partial charge on any atom is 0.266 e. The molecule has 0 unspecified atom stereocenters. The minimum Gasteiger partial charge on any atom is -0.486 e. The Morgan fingerprint density at radius 2 is 2.00 bits per heavy atom. The first-order valence-electron chi connectivity index (χ1n) is 9.00. The highest BCUT2D eigenvalue weighted by Gasteiger charge is 2.13. The molecule has 0 spiro atoms. The molecule has 1 aromatic carbocycles. The first-order valence-corrected chi connectivity index (χ1v) is 9.88. The van der Waals surface area contributed by atoms with Crippen molar-refractivity contribution in [3.63, 3.8) is 0 Å². The third kappa shape index (κ3) is 4.23. The lowest BCUT2D eigenvalue weighted by atomic mass is 10.2. The molecule has 1 aliphatic rings. The van der Waals surface area contributed by atoms with Crippen LogP contribution in [-0.2, 0) is 11.3 Å². The maximum atomic E-state index is 12.2. The molecule has 3 heterocycles. The van der Waals surface area contributed by atoms with Gasteiger partial charge in [0.1, 0.15) is 18.9 Å². The minimum atomic E-state index is -0.174. The molecule has 7 nitrogen and oxygen atoms in total. The van der Waals surface area contributed by atoms with Gasteiger partial charge in [-0.05, 0) is 36.1 Å². The van der Waals surface area contributed by atoms with Crippen molar-refractivity contribution in [3.8, 4) is 22.1 Å². The van der Waals surface area contributed by atoms with Gasteiger partial charge in [-0.15, -0.1) is 11.3 Å². The van der Waals surface area contributed by atoms with Crippen molar-refractivity contribution in [1.82, 2.24) is 9.78 Å². The van der Waals surface area contributed by atoms with Crippen molar-refractivity contribution in [2.75, 3.05) is 18.5 Å². The summed E-state index contributed by atoms with van der Waals surface area (Å²) in [5, 5.41) is 9.21. The molecular weight excluding hydrogens is 378 g/mol. The first kappa shape index (κ1) is 18.2. The molecule has 0 radical (unpaired) electrons. The molecular formula is C20H19N3O4S. The highest BCUT2D eigenvalue weighted by molar-refractivity contribution is 7.13. The van der Waals surface area contributed by atoms with Gasteiger partial charge in [0, 0.05) is 30.8 Å². The summed E-state index contributed by atoms with van der Waals surface area (Å²) < 4.78 is 12.4. The fourth-order valence-electron chi connectivity index (χ4n) is 2.90. The topological polar surface area (TPSA) is 82.5 Å². The number of carbonyl (C=O) groups excluding carboxylic acids is 1. The van der Waals surface area contributed by atoms with Crippen LogP contribution in [0.25, 0.3) is 10.6 Å².